The molecule has 2 aromatic carbocycles. The number of hydrogen-bond donors (Lipinski definition) is 0. The van der Waals surface area contributed by atoms with Gasteiger partial charge in [-0.1, -0.05) is 18.2 Å². The SMILES string of the molecule is O=C1N=C(N2CCN(c3ccccc3F)CC2)S/C1=C\c1ccc2c(c1)OCO2. The molecule has 29 heavy (non-hydrogen) atoms. The van der Waals surface area contributed by atoms with Gasteiger partial charge in [0.05, 0.1) is 10.6 Å². The number of anilines is 1. The highest BCUT2D eigenvalue weighted by Crippen LogP contribution is 2.35. The van der Waals surface area contributed by atoms with E-state index in [0.29, 0.717) is 53.4 Å². The highest BCUT2D eigenvalue weighted by Gasteiger charge is 2.29. The van der Waals surface area contributed by atoms with Crippen molar-refractivity contribution in [3.63, 3.8) is 0 Å². The van der Waals surface area contributed by atoms with Crippen LogP contribution in [0.3, 0.4) is 0 Å². The summed E-state index contributed by atoms with van der Waals surface area (Å²) in [6, 6.07) is 12.4. The number of amidine groups is 1. The summed E-state index contributed by atoms with van der Waals surface area (Å²) >= 11 is 1.38. The molecule has 3 aliphatic heterocycles. The zero-order valence-electron chi connectivity index (χ0n) is 15.5. The summed E-state index contributed by atoms with van der Waals surface area (Å²) in [4.78, 5) is 21.3. The molecule has 3 heterocycles. The van der Waals surface area contributed by atoms with E-state index in [1.807, 2.05) is 35.2 Å². The van der Waals surface area contributed by atoms with Gasteiger partial charge in [-0.15, -0.1) is 0 Å². The Balaban J connectivity index is 1.25. The standard InChI is InChI=1S/C21H18FN3O3S/c22-15-3-1-2-4-16(15)24-7-9-25(10-8-24)21-23-20(26)19(29-21)12-14-5-6-17-18(11-14)28-13-27-17/h1-6,11-12H,7-10,13H2/b19-12-. The summed E-state index contributed by atoms with van der Waals surface area (Å²) in [5.41, 5.74) is 1.48. The number of rotatable bonds is 2. The fraction of sp³-hybridized carbons (Fsp3) is 0.238. The molecule has 1 amide bonds. The molecule has 0 aliphatic carbocycles. The van der Waals surface area contributed by atoms with Crippen LogP contribution in [0.25, 0.3) is 6.08 Å². The molecular formula is C21H18FN3O3S. The van der Waals surface area contributed by atoms with Crippen molar-refractivity contribution in [3.05, 3.63) is 58.8 Å². The molecule has 6 nitrogen and oxygen atoms in total. The van der Waals surface area contributed by atoms with Gasteiger partial charge in [-0.2, -0.15) is 4.99 Å². The Morgan fingerprint density at radius 2 is 1.76 bits per heavy atom. The second-order valence-corrected chi connectivity index (χ2v) is 7.86. The van der Waals surface area contributed by atoms with E-state index in [0.717, 1.165) is 5.56 Å². The average molecular weight is 411 g/mol. The minimum Gasteiger partial charge on any atom is -0.454 e. The maximum atomic E-state index is 14.0. The van der Waals surface area contributed by atoms with Crippen LogP contribution in [0.2, 0.25) is 0 Å². The molecule has 0 N–H and O–H groups in total. The molecule has 0 unspecified atom stereocenters. The Bertz CT molecular complexity index is 1030. The van der Waals surface area contributed by atoms with Gasteiger partial charge in [0.2, 0.25) is 6.79 Å². The highest BCUT2D eigenvalue weighted by atomic mass is 32.2. The molecule has 1 fully saturated rings. The molecule has 0 aromatic heterocycles. The third-order valence-corrected chi connectivity index (χ3v) is 6.09. The molecule has 0 saturated carbocycles. The topological polar surface area (TPSA) is 54.4 Å². The summed E-state index contributed by atoms with van der Waals surface area (Å²) in [5, 5.41) is 0.704. The van der Waals surface area contributed by atoms with Crippen LogP contribution in [-0.2, 0) is 4.79 Å². The van der Waals surface area contributed by atoms with Gasteiger partial charge in [-0.25, -0.2) is 4.39 Å². The second kappa shape index (κ2) is 7.44. The first-order chi connectivity index (χ1) is 14.2. The lowest BCUT2D eigenvalue weighted by atomic mass is 10.2. The zero-order valence-corrected chi connectivity index (χ0v) is 16.3. The number of nitrogens with zero attached hydrogens (tertiary/aromatic N) is 3. The lowest BCUT2D eigenvalue weighted by Crippen LogP contribution is -2.48. The van der Waals surface area contributed by atoms with E-state index in [1.54, 1.807) is 12.1 Å². The van der Waals surface area contributed by atoms with Crippen molar-refractivity contribution in [1.29, 1.82) is 0 Å². The summed E-state index contributed by atoms with van der Waals surface area (Å²) in [6.07, 6.45) is 1.82. The number of para-hydroxylation sites is 1. The van der Waals surface area contributed by atoms with E-state index in [-0.39, 0.29) is 18.5 Å². The normalized spacial score (nSPS) is 19.8. The van der Waals surface area contributed by atoms with Crippen LogP contribution in [0.15, 0.2) is 52.4 Å². The maximum absolute atomic E-state index is 14.0. The van der Waals surface area contributed by atoms with Crippen molar-refractivity contribution in [3.8, 4) is 11.5 Å². The summed E-state index contributed by atoms with van der Waals surface area (Å²) < 4.78 is 24.7. The van der Waals surface area contributed by atoms with Crippen molar-refractivity contribution >= 4 is 34.6 Å². The number of thioether (sulfide) groups is 1. The van der Waals surface area contributed by atoms with Gasteiger partial charge in [0.1, 0.15) is 5.82 Å². The third-order valence-electron chi connectivity index (χ3n) is 5.05. The molecule has 5 rings (SSSR count). The van der Waals surface area contributed by atoms with Gasteiger partial charge in [0.25, 0.3) is 5.91 Å². The molecule has 0 radical (unpaired) electrons. The van der Waals surface area contributed by atoms with E-state index in [1.165, 1.54) is 17.8 Å². The van der Waals surface area contributed by atoms with Gasteiger partial charge in [0, 0.05) is 26.2 Å². The molecule has 3 aliphatic rings. The molecule has 0 bridgehead atoms. The molecule has 1 saturated heterocycles. The van der Waals surface area contributed by atoms with Crippen LogP contribution in [0, 0.1) is 5.82 Å². The van der Waals surface area contributed by atoms with Crippen LogP contribution in [-0.4, -0.2) is 48.9 Å². The van der Waals surface area contributed by atoms with Crippen LogP contribution in [0.5, 0.6) is 11.5 Å². The Morgan fingerprint density at radius 1 is 1.00 bits per heavy atom. The highest BCUT2D eigenvalue weighted by molar-refractivity contribution is 8.18. The van der Waals surface area contributed by atoms with Gasteiger partial charge in [-0.05, 0) is 47.7 Å². The van der Waals surface area contributed by atoms with Gasteiger partial charge < -0.3 is 19.3 Å². The summed E-state index contributed by atoms with van der Waals surface area (Å²) in [7, 11) is 0. The van der Waals surface area contributed by atoms with E-state index < -0.39 is 0 Å². The maximum Gasteiger partial charge on any atom is 0.286 e. The first kappa shape index (κ1) is 18.1. The van der Waals surface area contributed by atoms with E-state index >= 15 is 0 Å². The van der Waals surface area contributed by atoms with Gasteiger partial charge in [-0.3, -0.25) is 4.79 Å². The van der Waals surface area contributed by atoms with Crippen LogP contribution in [0.4, 0.5) is 10.1 Å². The lowest BCUT2D eigenvalue weighted by Gasteiger charge is -2.36. The zero-order chi connectivity index (χ0) is 19.8. The van der Waals surface area contributed by atoms with Crippen LogP contribution < -0.4 is 14.4 Å². The fourth-order valence-corrected chi connectivity index (χ4v) is 4.50. The van der Waals surface area contributed by atoms with Crippen LogP contribution in [0.1, 0.15) is 5.56 Å². The number of hydrogen-bond acceptors (Lipinski definition) is 6. The number of ether oxygens (including phenoxy) is 2. The van der Waals surface area contributed by atoms with Gasteiger partial charge in [0.15, 0.2) is 16.7 Å². The van der Waals surface area contributed by atoms with Crippen molar-refractivity contribution in [2.24, 2.45) is 4.99 Å². The molecule has 2 aromatic rings. The number of benzene rings is 2. The second-order valence-electron chi connectivity index (χ2n) is 6.85. The number of aliphatic imine (C=N–C) groups is 1. The number of carbonyl (C=O) groups is 1. The Hall–Kier alpha value is -3.00. The van der Waals surface area contributed by atoms with Crippen LogP contribution >= 0.6 is 11.8 Å². The molecule has 8 heteroatoms. The largest absolute Gasteiger partial charge is 0.454 e. The number of piperazine rings is 1. The monoisotopic (exact) mass is 411 g/mol. The average Bonchev–Trinajstić information content (AvgIpc) is 3.35. The molecule has 0 atom stereocenters. The predicted molar refractivity (Wildman–Crippen MR) is 111 cm³/mol. The quantitative estimate of drug-likeness (QED) is 0.707. The Morgan fingerprint density at radius 3 is 2.59 bits per heavy atom. The predicted octanol–water partition coefficient (Wildman–Crippen LogP) is 3.35. The smallest absolute Gasteiger partial charge is 0.286 e. The van der Waals surface area contributed by atoms with Crippen molar-refractivity contribution in [2.45, 2.75) is 0 Å². The number of halogens is 1. The summed E-state index contributed by atoms with van der Waals surface area (Å²) in [5.74, 6) is 0.944. The molecular weight excluding hydrogens is 393 g/mol. The Kier molecular flexibility index (Phi) is 4.63. The Labute approximate surface area is 171 Å². The van der Waals surface area contributed by atoms with E-state index in [4.69, 9.17) is 9.47 Å². The minimum atomic E-state index is -0.237. The fourth-order valence-electron chi connectivity index (χ4n) is 3.53. The third kappa shape index (κ3) is 3.55. The van der Waals surface area contributed by atoms with E-state index in [9.17, 15) is 9.18 Å². The lowest BCUT2D eigenvalue weighted by molar-refractivity contribution is -0.113. The van der Waals surface area contributed by atoms with Crippen molar-refractivity contribution in [1.82, 2.24) is 4.90 Å². The van der Waals surface area contributed by atoms with Gasteiger partial charge >= 0.3 is 0 Å². The molecule has 0 spiro atoms. The first-order valence-corrected chi connectivity index (χ1v) is 10.2. The van der Waals surface area contributed by atoms with E-state index in [2.05, 4.69) is 9.89 Å². The minimum absolute atomic E-state index is 0.211. The summed E-state index contributed by atoms with van der Waals surface area (Å²) in [6.45, 7) is 2.94. The number of carbonyl (C=O) groups excluding carboxylic acids is 1. The van der Waals surface area contributed by atoms with Crippen molar-refractivity contribution < 1.29 is 18.7 Å². The first-order valence-electron chi connectivity index (χ1n) is 9.34. The number of fused-ring (bicyclic) bond motifs is 1. The molecule has 148 valence electrons. The number of amides is 1. The van der Waals surface area contributed by atoms with Crippen molar-refractivity contribution in [2.75, 3.05) is 37.9 Å².